The van der Waals surface area contributed by atoms with E-state index in [4.69, 9.17) is 0 Å². The van der Waals surface area contributed by atoms with Gasteiger partial charge in [-0.15, -0.1) is 0 Å². The SMILES string of the molecule is CNc1nc(C)nc(-n2ccnc2)n1. The minimum absolute atomic E-state index is 0.557. The highest BCUT2D eigenvalue weighted by molar-refractivity contribution is 5.27. The quantitative estimate of drug-likeness (QED) is 0.742. The van der Waals surface area contributed by atoms with Gasteiger partial charge in [0.05, 0.1) is 0 Å². The molecule has 1 N–H and O–H groups in total. The van der Waals surface area contributed by atoms with Gasteiger partial charge in [0.2, 0.25) is 11.9 Å². The third-order valence-electron chi connectivity index (χ3n) is 1.69. The van der Waals surface area contributed by atoms with Crippen LogP contribution in [0.2, 0.25) is 0 Å². The van der Waals surface area contributed by atoms with Crippen LogP contribution in [-0.2, 0) is 0 Å². The molecule has 14 heavy (non-hydrogen) atoms. The Kier molecular flexibility index (Phi) is 2.10. The largest absolute Gasteiger partial charge is 0.357 e. The number of nitrogens with zero attached hydrogens (tertiary/aromatic N) is 5. The second-order valence-electron chi connectivity index (χ2n) is 2.73. The van der Waals surface area contributed by atoms with E-state index in [2.05, 4.69) is 25.3 Å². The summed E-state index contributed by atoms with van der Waals surface area (Å²) in [6.45, 7) is 1.82. The highest BCUT2D eigenvalue weighted by Gasteiger charge is 2.03. The number of imidazole rings is 1. The van der Waals surface area contributed by atoms with Crippen LogP contribution >= 0.6 is 0 Å². The fourth-order valence-electron chi connectivity index (χ4n) is 1.07. The van der Waals surface area contributed by atoms with Gasteiger partial charge in [-0.05, 0) is 6.92 Å². The van der Waals surface area contributed by atoms with Crippen molar-refractivity contribution in [1.29, 1.82) is 0 Å². The molecule has 0 aromatic carbocycles. The van der Waals surface area contributed by atoms with Crippen LogP contribution in [0.1, 0.15) is 5.82 Å². The second-order valence-corrected chi connectivity index (χ2v) is 2.73. The molecule has 2 aromatic heterocycles. The molecule has 2 heterocycles. The molecule has 0 aliphatic rings. The summed E-state index contributed by atoms with van der Waals surface area (Å²) >= 11 is 0. The Morgan fingerprint density at radius 2 is 2.14 bits per heavy atom. The van der Waals surface area contributed by atoms with Crippen LogP contribution < -0.4 is 5.32 Å². The minimum atomic E-state index is 0.557. The lowest BCUT2D eigenvalue weighted by molar-refractivity contribution is 0.869. The standard InChI is InChI=1S/C8H10N6/c1-6-11-7(9-2)13-8(12-6)14-4-3-10-5-14/h3-5H,1-2H3,(H,9,11,12,13). The van der Waals surface area contributed by atoms with E-state index in [1.54, 1.807) is 30.3 Å². The molecule has 0 amide bonds. The molecule has 0 aliphatic carbocycles. The van der Waals surface area contributed by atoms with Gasteiger partial charge in [0.25, 0.3) is 0 Å². The van der Waals surface area contributed by atoms with E-state index in [9.17, 15) is 0 Å². The molecule has 0 unspecified atom stereocenters. The summed E-state index contributed by atoms with van der Waals surface area (Å²) in [5, 5.41) is 2.87. The van der Waals surface area contributed by atoms with Crippen LogP contribution in [0.4, 0.5) is 5.95 Å². The van der Waals surface area contributed by atoms with Crippen molar-refractivity contribution in [3.63, 3.8) is 0 Å². The lowest BCUT2D eigenvalue weighted by atomic mass is 10.6. The zero-order chi connectivity index (χ0) is 9.97. The molecular weight excluding hydrogens is 180 g/mol. The number of hydrogen-bond acceptors (Lipinski definition) is 5. The van der Waals surface area contributed by atoms with Gasteiger partial charge in [-0.3, -0.25) is 4.57 Å². The maximum atomic E-state index is 4.19. The summed E-state index contributed by atoms with van der Waals surface area (Å²) < 4.78 is 1.73. The second kappa shape index (κ2) is 3.41. The maximum absolute atomic E-state index is 4.19. The molecule has 0 fully saturated rings. The monoisotopic (exact) mass is 190 g/mol. The number of rotatable bonds is 2. The van der Waals surface area contributed by atoms with Crippen LogP contribution in [0.25, 0.3) is 5.95 Å². The van der Waals surface area contributed by atoms with Crippen molar-refractivity contribution in [1.82, 2.24) is 24.5 Å². The Bertz CT molecular complexity index is 421. The number of aryl methyl sites for hydroxylation is 1. The molecule has 2 aromatic rings. The highest BCUT2D eigenvalue weighted by atomic mass is 15.2. The van der Waals surface area contributed by atoms with Crippen molar-refractivity contribution >= 4 is 5.95 Å². The van der Waals surface area contributed by atoms with E-state index in [0.717, 1.165) is 0 Å². The first kappa shape index (κ1) is 8.61. The van der Waals surface area contributed by atoms with Gasteiger partial charge in [-0.1, -0.05) is 0 Å². The fourth-order valence-corrected chi connectivity index (χ4v) is 1.07. The maximum Gasteiger partial charge on any atom is 0.239 e. The summed E-state index contributed by atoms with van der Waals surface area (Å²) in [6, 6.07) is 0. The average Bonchev–Trinajstić information content (AvgIpc) is 2.69. The highest BCUT2D eigenvalue weighted by Crippen LogP contribution is 2.03. The summed E-state index contributed by atoms with van der Waals surface area (Å²) in [6.07, 6.45) is 5.11. The van der Waals surface area contributed by atoms with Gasteiger partial charge in [0.15, 0.2) is 0 Å². The summed E-state index contributed by atoms with van der Waals surface area (Å²) in [7, 11) is 1.77. The van der Waals surface area contributed by atoms with Crippen molar-refractivity contribution in [2.75, 3.05) is 12.4 Å². The Labute approximate surface area is 81.1 Å². The first-order chi connectivity index (χ1) is 6.79. The summed E-state index contributed by atoms with van der Waals surface area (Å²) in [5.74, 6) is 1.80. The number of aromatic nitrogens is 5. The van der Waals surface area contributed by atoms with E-state index < -0.39 is 0 Å². The van der Waals surface area contributed by atoms with Crippen LogP contribution in [0, 0.1) is 6.92 Å². The average molecular weight is 190 g/mol. The first-order valence-electron chi connectivity index (χ1n) is 4.18. The molecule has 0 radical (unpaired) electrons. The van der Waals surface area contributed by atoms with Crippen molar-refractivity contribution < 1.29 is 0 Å². The van der Waals surface area contributed by atoms with Crippen molar-refractivity contribution in [2.45, 2.75) is 6.92 Å². The smallest absolute Gasteiger partial charge is 0.239 e. The van der Waals surface area contributed by atoms with E-state index in [-0.39, 0.29) is 0 Å². The lowest BCUT2D eigenvalue weighted by Gasteiger charge is -2.03. The van der Waals surface area contributed by atoms with Crippen LogP contribution in [0.5, 0.6) is 0 Å². The molecule has 72 valence electrons. The number of nitrogens with one attached hydrogen (secondary N) is 1. The topological polar surface area (TPSA) is 68.5 Å². The van der Waals surface area contributed by atoms with Crippen LogP contribution in [-0.4, -0.2) is 31.6 Å². The van der Waals surface area contributed by atoms with E-state index in [1.165, 1.54) is 0 Å². The van der Waals surface area contributed by atoms with Crippen molar-refractivity contribution in [3.8, 4) is 5.95 Å². The Hall–Kier alpha value is -1.98. The normalized spacial score (nSPS) is 10.1. The van der Waals surface area contributed by atoms with Crippen molar-refractivity contribution in [3.05, 3.63) is 24.5 Å². The van der Waals surface area contributed by atoms with Crippen LogP contribution in [0.15, 0.2) is 18.7 Å². The Morgan fingerprint density at radius 1 is 1.29 bits per heavy atom. The van der Waals surface area contributed by atoms with Crippen molar-refractivity contribution in [2.24, 2.45) is 0 Å². The number of anilines is 1. The van der Waals surface area contributed by atoms with E-state index in [1.807, 2.05) is 6.92 Å². The fraction of sp³-hybridized carbons (Fsp3) is 0.250. The van der Waals surface area contributed by atoms with Gasteiger partial charge in [-0.2, -0.15) is 15.0 Å². The van der Waals surface area contributed by atoms with E-state index in [0.29, 0.717) is 17.7 Å². The van der Waals surface area contributed by atoms with Gasteiger partial charge in [0.1, 0.15) is 12.2 Å². The zero-order valence-electron chi connectivity index (χ0n) is 7.97. The molecule has 0 saturated carbocycles. The Balaban J connectivity index is 2.48. The Morgan fingerprint density at radius 3 is 2.79 bits per heavy atom. The molecule has 0 bridgehead atoms. The molecule has 0 atom stereocenters. The van der Waals surface area contributed by atoms with E-state index >= 15 is 0 Å². The summed E-state index contributed by atoms with van der Waals surface area (Å²) in [4.78, 5) is 16.4. The molecular formula is C8H10N6. The zero-order valence-corrected chi connectivity index (χ0v) is 7.97. The van der Waals surface area contributed by atoms with Gasteiger partial charge >= 0.3 is 0 Å². The van der Waals surface area contributed by atoms with Crippen LogP contribution in [0.3, 0.4) is 0 Å². The number of hydrogen-bond donors (Lipinski definition) is 1. The van der Waals surface area contributed by atoms with Gasteiger partial charge in [0, 0.05) is 19.4 Å². The van der Waals surface area contributed by atoms with Gasteiger partial charge in [-0.25, -0.2) is 4.98 Å². The molecule has 0 saturated heterocycles. The third kappa shape index (κ3) is 1.54. The first-order valence-corrected chi connectivity index (χ1v) is 4.18. The van der Waals surface area contributed by atoms with Gasteiger partial charge < -0.3 is 5.32 Å². The molecule has 0 aliphatic heterocycles. The predicted molar refractivity (Wildman–Crippen MR) is 51.2 cm³/mol. The third-order valence-corrected chi connectivity index (χ3v) is 1.69. The molecule has 2 rings (SSSR count). The lowest BCUT2D eigenvalue weighted by Crippen LogP contribution is -2.06. The predicted octanol–water partition coefficient (Wildman–Crippen LogP) is 0.407. The molecule has 0 spiro atoms. The summed E-state index contributed by atoms with van der Waals surface area (Å²) in [5.41, 5.74) is 0. The minimum Gasteiger partial charge on any atom is -0.357 e. The molecule has 6 nitrogen and oxygen atoms in total. The molecule has 6 heteroatoms.